The van der Waals surface area contributed by atoms with Gasteiger partial charge in [-0.3, -0.25) is 4.39 Å². The van der Waals surface area contributed by atoms with E-state index in [1.165, 1.54) is 83.1 Å². The van der Waals surface area contributed by atoms with Crippen LogP contribution in [0, 0.1) is 35.3 Å². The Labute approximate surface area is 236 Å². The van der Waals surface area contributed by atoms with Crippen LogP contribution in [0.5, 0.6) is 0 Å². The Hall–Kier alpha value is -1.77. The third kappa shape index (κ3) is 9.12. The molecule has 0 saturated heterocycles. The van der Waals surface area contributed by atoms with Crippen LogP contribution in [-0.2, 0) is 12.8 Å². The van der Waals surface area contributed by atoms with Gasteiger partial charge in [0.05, 0.1) is 6.67 Å². The standard InChI is InChI=1S/C36H51F3/c1-2-3-5-8-27-12-18-31(19-13-27)32-20-14-28(15-21-32)10-11-30-17-23-34(36(39)26-30)33-22-16-29(25-35(33)38)9-6-4-7-24-37/h16-17,22-23,25-28,31-32H,2-15,18-21,24H2,1H3/t27-,28-,31-,32-. The fraction of sp³-hybridized carbons (Fsp3) is 0.667. The van der Waals surface area contributed by atoms with Crippen molar-refractivity contribution in [3.8, 4) is 11.1 Å². The number of hydrogen-bond acceptors (Lipinski definition) is 0. The average Bonchev–Trinajstić information content (AvgIpc) is 2.96. The van der Waals surface area contributed by atoms with E-state index in [-0.39, 0.29) is 18.3 Å². The van der Waals surface area contributed by atoms with Gasteiger partial charge in [-0.25, -0.2) is 8.78 Å². The Morgan fingerprint density at radius 3 is 1.64 bits per heavy atom. The summed E-state index contributed by atoms with van der Waals surface area (Å²) in [5.74, 6) is 2.93. The quantitative estimate of drug-likeness (QED) is 0.209. The first-order chi connectivity index (χ1) is 19.1. The zero-order valence-corrected chi connectivity index (χ0v) is 24.3. The summed E-state index contributed by atoms with van der Waals surface area (Å²) in [4.78, 5) is 0. The van der Waals surface area contributed by atoms with Gasteiger partial charge in [-0.2, -0.15) is 0 Å². The Morgan fingerprint density at radius 1 is 0.590 bits per heavy atom. The number of alkyl halides is 1. The van der Waals surface area contributed by atoms with Gasteiger partial charge >= 0.3 is 0 Å². The Morgan fingerprint density at radius 2 is 1.13 bits per heavy atom. The van der Waals surface area contributed by atoms with E-state index in [2.05, 4.69) is 6.92 Å². The van der Waals surface area contributed by atoms with Crippen molar-refractivity contribution in [3.05, 3.63) is 59.2 Å². The van der Waals surface area contributed by atoms with Gasteiger partial charge in [-0.15, -0.1) is 0 Å². The van der Waals surface area contributed by atoms with Crippen LogP contribution in [0.15, 0.2) is 36.4 Å². The summed E-state index contributed by atoms with van der Waals surface area (Å²) < 4.78 is 42.1. The second kappa shape index (κ2) is 15.9. The van der Waals surface area contributed by atoms with Gasteiger partial charge in [0.15, 0.2) is 0 Å². The molecule has 0 heterocycles. The van der Waals surface area contributed by atoms with Crippen LogP contribution in [0.1, 0.15) is 121 Å². The highest BCUT2D eigenvalue weighted by Crippen LogP contribution is 2.43. The molecule has 2 aromatic carbocycles. The van der Waals surface area contributed by atoms with Crippen molar-refractivity contribution >= 4 is 0 Å². The van der Waals surface area contributed by atoms with Crippen molar-refractivity contribution in [2.45, 2.75) is 122 Å². The minimum absolute atomic E-state index is 0.302. The maximum atomic E-state index is 15.0. The molecule has 4 rings (SSSR count). The second-order valence-electron chi connectivity index (χ2n) is 12.7. The molecule has 39 heavy (non-hydrogen) atoms. The van der Waals surface area contributed by atoms with E-state index < -0.39 is 0 Å². The molecule has 2 aromatic rings. The van der Waals surface area contributed by atoms with E-state index in [1.807, 2.05) is 12.1 Å². The summed E-state index contributed by atoms with van der Waals surface area (Å²) in [7, 11) is 0. The molecule has 0 radical (unpaired) electrons. The highest BCUT2D eigenvalue weighted by atomic mass is 19.1. The number of aryl methyl sites for hydroxylation is 2. The molecular weight excluding hydrogens is 489 g/mol. The highest BCUT2D eigenvalue weighted by molar-refractivity contribution is 5.65. The van der Waals surface area contributed by atoms with Gasteiger partial charge in [0.1, 0.15) is 11.6 Å². The average molecular weight is 541 g/mol. The van der Waals surface area contributed by atoms with Crippen molar-refractivity contribution in [2.75, 3.05) is 6.67 Å². The predicted molar refractivity (Wildman–Crippen MR) is 159 cm³/mol. The van der Waals surface area contributed by atoms with E-state index in [9.17, 15) is 8.78 Å². The van der Waals surface area contributed by atoms with Crippen LogP contribution in [0.3, 0.4) is 0 Å². The molecule has 0 bridgehead atoms. The molecular formula is C36H51F3. The number of hydrogen-bond donors (Lipinski definition) is 0. The molecule has 0 N–H and O–H groups in total. The van der Waals surface area contributed by atoms with Crippen LogP contribution in [-0.4, -0.2) is 6.67 Å². The lowest BCUT2D eigenvalue weighted by Gasteiger charge is -2.38. The van der Waals surface area contributed by atoms with Crippen molar-refractivity contribution in [1.29, 1.82) is 0 Å². The molecule has 0 spiro atoms. The number of unbranched alkanes of at least 4 members (excludes halogenated alkanes) is 4. The molecule has 2 saturated carbocycles. The van der Waals surface area contributed by atoms with Crippen molar-refractivity contribution in [3.63, 3.8) is 0 Å². The lowest BCUT2D eigenvalue weighted by molar-refractivity contribution is 0.140. The molecule has 0 aromatic heterocycles. The minimum atomic E-state index is -0.383. The van der Waals surface area contributed by atoms with E-state index in [0.717, 1.165) is 66.9 Å². The fourth-order valence-corrected chi connectivity index (χ4v) is 7.42. The van der Waals surface area contributed by atoms with Gasteiger partial charge in [0.25, 0.3) is 0 Å². The first-order valence-electron chi connectivity index (χ1n) is 16.2. The lowest BCUT2D eigenvalue weighted by atomic mass is 9.68. The SMILES string of the molecule is CCCCC[C@H]1CC[C@H]([C@H]2CC[C@H](CCc3ccc(-c4ccc(CCCCCF)cc4F)c(F)c3)CC2)CC1. The molecule has 2 aliphatic rings. The molecule has 2 fully saturated rings. The monoisotopic (exact) mass is 540 g/mol. The topological polar surface area (TPSA) is 0 Å². The van der Waals surface area contributed by atoms with Gasteiger partial charge in [-0.05, 0) is 105 Å². The summed E-state index contributed by atoms with van der Waals surface area (Å²) in [6.07, 6.45) is 21.8. The van der Waals surface area contributed by atoms with Gasteiger partial charge in [-0.1, -0.05) is 89.0 Å². The second-order valence-corrected chi connectivity index (χ2v) is 12.7. The maximum absolute atomic E-state index is 15.0. The predicted octanol–water partition coefficient (Wildman–Crippen LogP) is 11.4. The van der Waals surface area contributed by atoms with Crippen LogP contribution < -0.4 is 0 Å². The van der Waals surface area contributed by atoms with Crippen LogP contribution in [0.2, 0.25) is 0 Å². The fourth-order valence-electron chi connectivity index (χ4n) is 7.42. The summed E-state index contributed by atoms with van der Waals surface area (Å²) in [6.45, 7) is 2.00. The van der Waals surface area contributed by atoms with Crippen molar-refractivity contribution in [1.82, 2.24) is 0 Å². The Kier molecular flexibility index (Phi) is 12.3. The molecule has 3 heteroatoms. The van der Waals surface area contributed by atoms with E-state index in [1.54, 1.807) is 18.2 Å². The molecule has 216 valence electrons. The summed E-state index contributed by atoms with van der Waals surface area (Å²) in [5.41, 5.74) is 2.56. The molecule has 0 amide bonds. The Balaban J connectivity index is 1.20. The summed E-state index contributed by atoms with van der Waals surface area (Å²) in [6, 6.07) is 10.4. The molecule has 0 unspecified atom stereocenters. The van der Waals surface area contributed by atoms with Crippen molar-refractivity contribution in [2.24, 2.45) is 23.7 Å². The van der Waals surface area contributed by atoms with Crippen LogP contribution in [0.25, 0.3) is 11.1 Å². The number of rotatable bonds is 14. The zero-order valence-electron chi connectivity index (χ0n) is 24.3. The lowest BCUT2D eigenvalue weighted by Crippen LogP contribution is -2.26. The van der Waals surface area contributed by atoms with Gasteiger partial charge in [0, 0.05) is 11.1 Å². The number of benzene rings is 2. The summed E-state index contributed by atoms with van der Waals surface area (Å²) in [5, 5.41) is 0. The minimum Gasteiger partial charge on any atom is -0.251 e. The third-order valence-electron chi connectivity index (χ3n) is 9.96. The van der Waals surface area contributed by atoms with E-state index in [0.29, 0.717) is 17.5 Å². The number of halogens is 3. The highest BCUT2D eigenvalue weighted by Gasteiger charge is 2.30. The van der Waals surface area contributed by atoms with E-state index in [4.69, 9.17) is 0 Å². The molecule has 2 aliphatic carbocycles. The van der Waals surface area contributed by atoms with Gasteiger partial charge in [0.2, 0.25) is 0 Å². The first kappa shape index (κ1) is 30.2. The zero-order chi connectivity index (χ0) is 27.5. The van der Waals surface area contributed by atoms with Crippen molar-refractivity contribution < 1.29 is 13.2 Å². The van der Waals surface area contributed by atoms with Gasteiger partial charge < -0.3 is 0 Å². The van der Waals surface area contributed by atoms with Crippen LogP contribution >= 0.6 is 0 Å². The summed E-state index contributed by atoms with van der Waals surface area (Å²) >= 11 is 0. The Bertz CT molecular complexity index is 983. The van der Waals surface area contributed by atoms with E-state index >= 15 is 4.39 Å². The molecule has 0 atom stereocenters. The van der Waals surface area contributed by atoms with Crippen LogP contribution in [0.4, 0.5) is 13.2 Å². The largest absolute Gasteiger partial charge is 0.251 e. The smallest absolute Gasteiger partial charge is 0.131 e. The maximum Gasteiger partial charge on any atom is 0.131 e. The normalized spacial score (nSPS) is 23.7. The first-order valence-corrected chi connectivity index (χ1v) is 16.2. The third-order valence-corrected chi connectivity index (χ3v) is 9.96. The molecule has 0 aliphatic heterocycles. The molecule has 0 nitrogen and oxygen atoms in total.